The second-order valence-corrected chi connectivity index (χ2v) is 5.30. The Labute approximate surface area is 103 Å². The topological polar surface area (TPSA) is 17.1 Å². The predicted octanol–water partition coefficient (Wildman–Crippen LogP) is 3.57. The van der Waals surface area contributed by atoms with Gasteiger partial charge >= 0.3 is 6.18 Å². The van der Waals surface area contributed by atoms with Crippen LogP contribution in [0.4, 0.5) is 13.2 Å². The van der Waals surface area contributed by atoms with Crippen LogP contribution in [-0.4, -0.2) is 6.29 Å². The van der Waals surface area contributed by atoms with Crippen LogP contribution in [0.25, 0.3) is 0 Å². The molecule has 1 aromatic carbocycles. The Balaban J connectivity index is 2.09. The van der Waals surface area contributed by atoms with Gasteiger partial charge in [0, 0.05) is 11.3 Å². The van der Waals surface area contributed by atoms with Gasteiger partial charge in [-0.1, -0.05) is 18.2 Å². The average molecular weight is 254 g/mol. The highest BCUT2D eigenvalue weighted by Crippen LogP contribution is 2.66. The van der Waals surface area contributed by atoms with E-state index in [1.807, 2.05) is 0 Å². The highest BCUT2D eigenvalue weighted by Gasteiger charge is 2.64. The molecule has 96 valence electrons. The second kappa shape index (κ2) is 3.59. The van der Waals surface area contributed by atoms with Gasteiger partial charge in [0.1, 0.15) is 6.29 Å². The van der Waals surface area contributed by atoms with Gasteiger partial charge < -0.3 is 4.79 Å². The number of carbonyl (C=O) groups is 1. The Morgan fingerprint density at radius 3 is 2.39 bits per heavy atom. The van der Waals surface area contributed by atoms with Gasteiger partial charge in [-0.05, 0) is 36.8 Å². The van der Waals surface area contributed by atoms with Gasteiger partial charge in [0.05, 0.1) is 5.56 Å². The van der Waals surface area contributed by atoms with Crippen molar-refractivity contribution in [1.82, 2.24) is 0 Å². The molecule has 18 heavy (non-hydrogen) atoms. The largest absolute Gasteiger partial charge is 0.416 e. The number of halogens is 3. The van der Waals surface area contributed by atoms with E-state index in [0.29, 0.717) is 12.0 Å². The SMILES string of the molecule is O=CC1CC1(c1ccccc1C(F)(F)F)C1CC1. The fourth-order valence-corrected chi connectivity index (χ4v) is 3.21. The lowest BCUT2D eigenvalue weighted by Crippen LogP contribution is -2.20. The first-order chi connectivity index (χ1) is 8.50. The van der Waals surface area contributed by atoms with Gasteiger partial charge in [0.15, 0.2) is 0 Å². The molecule has 1 aromatic rings. The first kappa shape index (κ1) is 11.8. The predicted molar refractivity (Wildman–Crippen MR) is 60.0 cm³/mol. The van der Waals surface area contributed by atoms with Crippen molar-refractivity contribution in [2.75, 3.05) is 0 Å². The van der Waals surface area contributed by atoms with Crippen LogP contribution in [0.5, 0.6) is 0 Å². The Morgan fingerprint density at radius 1 is 1.22 bits per heavy atom. The van der Waals surface area contributed by atoms with Crippen LogP contribution in [-0.2, 0) is 16.4 Å². The van der Waals surface area contributed by atoms with Crippen LogP contribution in [0, 0.1) is 11.8 Å². The van der Waals surface area contributed by atoms with E-state index in [4.69, 9.17) is 0 Å². The van der Waals surface area contributed by atoms with Crippen molar-refractivity contribution in [3.05, 3.63) is 35.4 Å². The monoisotopic (exact) mass is 254 g/mol. The van der Waals surface area contributed by atoms with Gasteiger partial charge in [0.25, 0.3) is 0 Å². The molecule has 2 fully saturated rings. The average Bonchev–Trinajstić information content (AvgIpc) is 3.20. The molecule has 3 rings (SSSR count). The molecule has 0 radical (unpaired) electrons. The lowest BCUT2D eigenvalue weighted by molar-refractivity contribution is -0.138. The molecular weight excluding hydrogens is 241 g/mol. The molecule has 0 aliphatic heterocycles. The van der Waals surface area contributed by atoms with E-state index in [2.05, 4.69) is 0 Å². The lowest BCUT2D eigenvalue weighted by atomic mass is 9.85. The Bertz CT molecular complexity index is 490. The molecule has 0 aromatic heterocycles. The Morgan fingerprint density at radius 2 is 1.89 bits per heavy atom. The quantitative estimate of drug-likeness (QED) is 0.753. The number of rotatable bonds is 3. The maximum atomic E-state index is 13.0. The van der Waals surface area contributed by atoms with Crippen LogP contribution in [0.1, 0.15) is 30.4 Å². The summed E-state index contributed by atoms with van der Waals surface area (Å²) in [7, 11) is 0. The van der Waals surface area contributed by atoms with Gasteiger partial charge in [-0.15, -0.1) is 0 Å². The molecule has 2 aliphatic rings. The van der Waals surface area contributed by atoms with E-state index in [0.717, 1.165) is 25.2 Å². The van der Waals surface area contributed by atoms with Crippen molar-refractivity contribution in [1.29, 1.82) is 0 Å². The number of hydrogen-bond acceptors (Lipinski definition) is 1. The van der Waals surface area contributed by atoms with Crippen molar-refractivity contribution in [3.63, 3.8) is 0 Å². The molecule has 0 N–H and O–H groups in total. The van der Waals surface area contributed by atoms with Crippen LogP contribution in [0.2, 0.25) is 0 Å². The van der Waals surface area contributed by atoms with E-state index in [1.165, 1.54) is 6.07 Å². The maximum absolute atomic E-state index is 13.0. The van der Waals surface area contributed by atoms with E-state index < -0.39 is 17.2 Å². The maximum Gasteiger partial charge on any atom is 0.416 e. The standard InChI is InChI=1S/C14H13F3O/c15-14(16,17)12-4-2-1-3-11(12)13(9-5-6-9)7-10(13)8-18/h1-4,8-10H,5-7H2. The summed E-state index contributed by atoms with van der Waals surface area (Å²) in [6.07, 6.45) is -1.05. The van der Waals surface area contributed by atoms with Crippen molar-refractivity contribution in [2.45, 2.75) is 30.9 Å². The number of carbonyl (C=O) groups excluding carboxylic acids is 1. The number of benzene rings is 1. The molecule has 0 amide bonds. The summed E-state index contributed by atoms with van der Waals surface area (Å²) in [5, 5.41) is 0. The van der Waals surface area contributed by atoms with Crippen molar-refractivity contribution >= 4 is 6.29 Å². The zero-order chi connectivity index (χ0) is 13.0. The minimum atomic E-state index is -4.34. The third-order valence-corrected chi connectivity index (χ3v) is 4.26. The summed E-state index contributed by atoms with van der Waals surface area (Å²) in [4.78, 5) is 11.0. The number of alkyl halides is 3. The van der Waals surface area contributed by atoms with Crippen LogP contribution >= 0.6 is 0 Å². The molecule has 2 saturated carbocycles. The zero-order valence-electron chi connectivity index (χ0n) is 9.70. The second-order valence-electron chi connectivity index (χ2n) is 5.30. The molecular formula is C14H13F3O. The number of hydrogen-bond donors (Lipinski definition) is 0. The van der Waals surface area contributed by atoms with Crippen molar-refractivity contribution in [3.8, 4) is 0 Å². The molecule has 0 heterocycles. The minimum Gasteiger partial charge on any atom is -0.303 e. The highest BCUT2D eigenvalue weighted by molar-refractivity contribution is 5.66. The zero-order valence-corrected chi connectivity index (χ0v) is 9.70. The molecule has 0 bridgehead atoms. The summed E-state index contributed by atoms with van der Waals surface area (Å²) in [5.74, 6) is 0.0321. The van der Waals surface area contributed by atoms with Crippen LogP contribution < -0.4 is 0 Å². The summed E-state index contributed by atoms with van der Waals surface area (Å²) in [5.41, 5.74) is -0.758. The van der Waals surface area contributed by atoms with Crippen LogP contribution in [0.15, 0.2) is 24.3 Å². The summed E-state index contributed by atoms with van der Waals surface area (Å²) >= 11 is 0. The van der Waals surface area contributed by atoms with Crippen LogP contribution in [0.3, 0.4) is 0 Å². The fraction of sp³-hybridized carbons (Fsp3) is 0.500. The molecule has 2 unspecified atom stereocenters. The van der Waals surface area contributed by atoms with Gasteiger partial charge in [0.2, 0.25) is 0 Å². The minimum absolute atomic E-state index is 0.228. The van der Waals surface area contributed by atoms with E-state index in [1.54, 1.807) is 12.1 Å². The molecule has 1 nitrogen and oxygen atoms in total. The first-order valence-electron chi connectivity index (χ1n) is 6.12. The van der Waals surface area contributed by atoms with Gasteiger partial charge in [-0.2, -0.15) is 13.2 Å². The summed E-state index contributed by atoms with van der Waals surface area (Å²) in [6.45, 7) is 0. The Kier molecular flexibility index (Phi) is 2.34. The van der Waals surface area contributed by atoms with E-state index in [9.17, 15) is 18.0 Å². The fourth-order valence-electron chi connectivity index (χ4n) is 3.21. The third kappa shape index (κ3) is 1.58. The smallest absolute Gasteiger partial charge is 0.303 e. The normalized spacial score (nSPS) is 31.2. The molecule has 2 atom stereocenters. The van der Waals surface area contributed by atoms with E-state index >= 15 is 0 Å². The van der Waals surface area contributed by atoms with Crippen molar-refractivity contribution < 1.29 is 18.0 Å². The molecule has 2 aliphatic carbocycles. The van der Waals surface area contributed by atoms with Crippen molar-refractivity contribution in [2.24, 2.45) is 11.8 Å². The lowest BCUT2D eigenvalue weighted by Gasteiger charge is -2.21. The van der Waals surface area contributed by atoms with E-state index in [-0.39, 0.29) is 11.8 Å². The van der Waals surface area contributed by atoms with Gasteiger partial charge in [-0.3, -0.25) is 0 Å². The third-order valence-electron chi connectivity index (χ3n) is 4.26. The molecule has 4 heteroatoms. The molecule has 0 saturated heterocycles. The Hall–Kier alpha value is -1.32. The molecule has 0 spiro atoms. The number of aldehydes is 1. The summed E-state index contributed by atoms with van der Waals surface area (Å²) in [6, 6.07) is 5.71. The summed E-state index contributed by atoms with van der Waals surface area (Å²) < 4.78 is 39.1. The first-order valence-corrected chi connectivity index (χ1v) is 6.12. The van der Waals surface area contributed by atoms with Gasteiger partial charge in [-0.25, -0.2) is 0 Å². The highest BCUT2D eigenvalue weighted by atomic mass is 19.4.